The van der Waals surface area contributed by atoms with Crippen LogP contribution in [0.3, 0.4) is 0 Å². The third-order valence-electron chi connectivity index (χ3n) is 23.7. The summed E-state index contributed by atoms with van der Waals surface area (Å²) in [6.07, 6.45) is 0. The molecule has 17 nitrogen and oxygen atoms in total. The van der Waals surface area contributed by atoms with E-state index in [1.165, 1.54) is 48.8 Å². The maximum Gasteiger partial charge on any atom is 0.226 e. The highest BCUT2D eigenvalue weighted by atomic mass is 35.5. The number of aryl methyl sites for hydroxylation is 2. The first-order chi connectivity index (χ1) is 67.9. The summed E-state index contributed by atoms with van der Waals surface area (Å²) in [4.78, 5) is 57.8. The van der Waals surface area contributed by atoms with Gasteiger partial charge >= 0.3 is 0 Å². The Bertz CT molecular complexity index is 9230. The summed E-state index contributed by atoms with van der Waals surface area (Å²) >= 11 is 25.3. The third-order valence-corrected chi connectivity index (χ3v) is 24.4. The van der Waals surface area contributed by atoms with Crippen LogP contribution in [-0.2, 0) is 7.05 Å². The summed E-state index contributed by atoms with van der Waals surface area (Å²) in [5, 5.41) is 13.9. The van der Waals surface area contributed by atoms with Crippen molar-refractivity contribution in [3.05, 3.63) is 432 Å². The minimum Gasteiger partial charge on any atom is -0.343 e. The van der Waals surface area contributed by atoms with Crippen molar-refractivity contribution in [2.75, 3.05) is 0 Å². The summed E-state index contributed by atoms with van der Waals surface area (Å²) in [5.41, 5.74) is 18.8. The molecule has 0 atom stereocenters. The normalized spacial score (nSPS) is 11.9. The smallest absolute Gasteiger partial charge is 0.226 e. The van der Waals surface area contributed by atoms with Gasteiger partial charge in [-0.3, -0.25) is 0 Å². The second-order valence-corrected chi connectivity index (χ2v) is 33.1. The van der Waals surface area contributed by atoms with Crippen molar-refractivity contribution < 1.29 is 6.85 Å². The Morgan fingerprint density at radius 2 is 0.604 bits per heavy atom. The predicted octanol–water partition coefficient (Wildman–Crippen LogP) is 29.5. The van der Waals surface area contributed by atoms with Crippen LogP contribution in [0.25, 0.3) is 222 Å². The van der Waals surface area contributed by atoms with Gasteiger partial charge in [0.2, 0.25) is 21.1 Å². The molecule has 0 spiro atoms. The van der Waals surface area contributed by atoms with Crippen molar-refractivity contribution in [2.45, 2.75) is 6.92 Å². The minimum absolute atomic E-state index is 0.0511. The zero-order valence-electron chi connectivity index (χ0n) is 76.3. The maximum absolute atomic E-state index is 8.59. The van der Waals surface area contributed by atoms with E-state index >= 15 is 0 Å². The molecule has 0 N–H and O–H groups in total. The van der Waals surface area contributed by atoms with E-state index in [2.05, 4.69) is 212 Å². The Morgan fingerprint density at radius 3 is 1.11 bits per heavy atom. The molecular weight excluding hydrogens is 1740 g/mol. The van der Waals surface area contributed by atoms with E-state index in [1.54, 1.807) is 4.57 Å². The number of hydrogen-bond acceptors (Lipinski definition) is 12. The number of rotatable bonds is 11. The molecule has 21 heteroatoms. The predicted molar refractivity (Wildman–Crippen MR) is 546 cm³/mol. The lowest BCUT2D eigenvalue weighted by molar-refractivity contribution is 1.02. The van der Waals surface area contributed by atoms with E-state index in [4.69, 9.17) is 79.8 Å². The van der Waals surface area contributed by atoms with Crippen LogP contribution in [0, 0.1) is 13.5 Å². The van der Waals surface area contributed by atoms with Gasteiger partial charge < -0.3 is 18.3 Å². The molecule has 0 fully saturated rings. The fraction of sp³-hybridized carbons (Fsp3) is 0.0177. The molecule has 0 aliphatic rings. The van der Waals surface area contributed by atoms with E-state index in [9.17, 15) is 0 Å². The van der Waals surface area contributed by atoms with Crippen molar-refractivity contribution in [3.63, 3.8) is 0 Å². The second kappa shape index (κ2) is 35.5. The number of halogens is 4. The maximum atomic E-state index is 8.59. The third kappa shape index (κ3) is 15.6. The number of aromatic nitrogens is 16. The highest BCUT2D eigenvalue weighted by Gasteiger charge is 2.25. The molecule has 8 aromatic heterocycles. The summed E-state index contributed by atoms with van der Waals surface area (Å²) in [6.45, 7) is 9.65. The van der Waals surface area contributed by atoms with Crippen LogP contribution in [0.4, 0.5) is 5.69 Å². The van der Waals surface area contributed by atoms with Gasteiger partial charge in [0.05, 0.1) is 52.0 Å². The largest absolute Gasteiger partial charge is 0.343 e. The van der Waals surface area contributed by atoms with E-state index in [0.29, 0.717) is 68.9 Å². The zero-order chi connectivity index (χ0) is 94.8. The minimum atomic E-state index is -0.437. The van der Waals surface area contributed by atoms with Crippen LogP contribution in [-0.4, -0.2) is 78.1 Å². The summed E-state index contributed by atoms with van der Waals surface area (Å²) < 4.78 is 50.1. The zero-order valence-corrected chi connectivity index (χ0v) is 74.3. The van der Waals surface area contributed by atoms with Crippen molar-refractivity contribution >= 4 is 161 Å². The van der Waals surface area contributed by atoms with Crippen LogP contribution in [0.15, 0.2) is 394 Å². The highest BCUT2D eigenvalue weighted by molar-refractivity contribution is 6.33. The lowest BCUT2D eigenvalue weighted by atomic mass is 9.96. The SMILES string of the molecule is Cc1ccc2c(c1)c1cc(-c3nc(Cl)nc(-c4ccccc4)n3)ccc1n2-c1ccccc1.Cn1c2cc(-c3nc(Cl)nc(-c4ccccc4)n3)ccc2c2c3ccccc3c3ccccc3c21.[2H]c1c([2H])c([2H])c(-n2c3ccccc3c3c(-c4nc(Cl)nc(-c5ccccc5)n4)cccc32)c([2H])c1[2H].[C-]#[N+]c1ccc2c(c1)c1c(-c3nc(Cl)nc(-c4ccccc4)n3)cccc1n2-c1ccccc1. The Hall–Kier alpha value is -16.9. The van der Waals surface area contributed by atoms with E-state index < -0.39 is 18.1 Å². The molecule has 0 saturated heterocycles. The lowest BCUT2D eigenvalue weighted by Gasteiger charge is -2.09. The average Bonchev–Trinajstić information content (AvgIpc) is 1.57. The number of fused-ring (bicyclic) bond motifs is 17. The Labute approximate surface area is 794 Å². The van der Waals surface area contributed by atoms with Crippen LogP contribution in [0.1, 0.15) is 12.4 Å². The fourth-order valence-corrected chi connectivity index (χ4v) is 18.5. The molecular formula is C113H71Cl4N17. The Morgan fingerprint density at radius 1 is 0.254 bits per heavy atom. The first kappa shape index (κ1) is 77.1. The average molecular weight is 1810 g/mol. The molecule has 8 heterocycles. The van der Waals surface area contributed by atoms with Gasteiger partial charge in [-0.1, -0.05) is 297 Å². The molecule has 0 radical (unpaired) electrons. The first-order valence-corrected chi connectivity index (χ1v) is 44.4. The number of para-hydroxylation sites is 4. The first-order valence-electron chi connectivity index (χ1n) is 45.4. The summed E-state index contributed by atoms with van der Waals surface area (Å²) in [6, 6.07) is 119. The summed E-state index contributed by atoms with van der Waals surface area (Å²) in [7, 11) is 2.13. The van der Waals surface area contributed by atoms with Gasteiger partial charge in [-0.25, -0.2) is 24.8 Å². The molecule has 134 heavy (non-hydrogen) atoms. The van der Waals surface area contributed by atoms with Gasteiger partial charge in [0.1, 0.15) is 0 Å². The molecule has 0 bridgehead atoms. The molecule has 0 saturated carbocycles. The molecule has 0 aliphatic heterocycles. The van der Waals surface area contributed by atoms with Crippen molar-refractivity contribution in [3.8, 4) is 108 Å². The molecule has 0 aliphatic carbocycles. The lowest BCUT2D eigenvalue weighted by Crippen LogP contribution is -1.98. The fourth-order valence-electron chi connectivity index (χ4n) is 17.9. The van der Waals surface area contributed by atoms with Gasteiger partial charge in [0.25, 0.3) is 0 Å². The van der Waals surface area contributed by atoms with Gasteiger partial charge in [-0.15, -0.1) is 0 Å². The van der Waals surface area contributed by atoms with E-state index in [-0.39, 0.29) is 38.9 Å². The van der Waals surface area contributed by atoms with Crippen LogP contribution in [0.2, 0.25) is 21.1 Å². The topological polar surface area (TPSA) is 179 Å². The molecule has 0 amide bonds. The van der Waals surface area contributed by atoms with Gasteiger partial charge in [0, 0.05) is 117 Å². The quantitative estimate of drug-likeness (QED) is 0.0885. The number of benzene rings is 17. The van der Waals surface area contributed by atoms with Gasteiger partial charge in [-0.05, 0) is 178 Å². The molecule has 636 valence electrons. The molecule has 25 rings (SSSR count). The van der Waals surface area contributed by atoms with E-state index in [0.717, 1.165) is 105 Å². The van der Waals surface area contributed by atoms with E-state index in [1.807, 2.05) is 224 Å². The Kier molecular flexibility index (Phi) is 20.5. The highest BCUT2D eigenvalue weighted by Crippen LogP contribution is 2.45. The van der Waals surface area contributed by atoms with Crippen LogP contribution in [0.5, 0.6) is 0 Å². The van der Waals surface area contributed by atoms with Crippen molar-refractivity contribution in [2.24, 2.45) is 7.05 Å². The molecule has 25 aromatic rings. The van der Waals surface area contributed by atoms with Gasteiger partial charge in [-0.2, -0.15) is 39.9 Å². The summed E-state index contributed by atoms with van der Waals surface area (Å²) in [5.74, 6) is 4.05. The van der Waals surface area contributed by atoms with Crippen LogP contribution < -0.4 is 0 Å². The van der Waals surface area contributed by atoms with Crippen molar-refractivity contribution in [1.82, 2.24) is 78.1 Å². The number of hydrogen-bond donors (Lipinski definition) is 0. The standard InChI is InChI=1S/C30H19ClN4.C28H16ClN5.C28H19ClN4.C27H17ClN4/c1-35-25-17-19(29-32-28(33-30(31)34-29)18-9-3-2-4-10-18)15-16-24(25)26-22-13-7-5-11-20(22)21-12-6-8-14-23(21)27(26)35;1-30-19-15-16-23-22(17-19)25-21(13-8-14-24(25)34(23)20-11-6-3-7-12-20)27-31-26(32-28(29)33-27)18-9-4-2-5-10-18;1-18-12-14-24-22(16-18)23-17-20(13-15-25(23)33(24)21-10-6-3-7-11-21)27-30-26(31-28(29)32-27)19-8-4-2-5-9-19;28-27-30-25(18-10-3-1-4-11-18)29-26(31-27)21-15-9-17-23-24(21)20-14-7-8-16-22(20)32(23)19-12-5-2-6-13-19/h2-17H,1H3;2-17H;2-17H,1H3;1-17H/i;;;2D,5D,6D,12D,13D. The second-order valence-electron chi connectivity index (χ2n) is 31.7. The Balaban J connectivity index is 0.000000107. The van der Waals surface area contributed by atoms with Gasteiger partial charge in [0.15, 0.2) is 52.3 Å². The molecule has 0 unspecified atom stereocenters. The number of nitrogens with zero attached hydrogens (tertiary/aromatic N) is 17. The van der Waals surface area contributed by atoms with Crippen molar-refractivity contribution in [1.29, 1.82) is 0 Å². The monoisotopic (exact) mass is 1810 g/mol. The van der Waals surface area contributed by atoms with Crippen LogP contribution >= 0.6 is 46.4 Å². The molecule has 17 aromatic carbocycles.